The molecule has 2 aromatic carbocycles. The number of carbonyl (C=O) groups is 1. The molecular weight excluding hydrogens is 323 g/mol. The van der Waals surface area contributed by atoms with Gasteiger partial charge in [0, 0.05) is 43.9 Å². The van der Waals surface area contributed by atoms with Crippen molar-refractivity contribution in [3.05, 3.63) is 59.4 Å². The van der Waals surface area contributed by atoms with Crippen LogP contribution in [-0.4, -0.2) is 48.7 Å². The van der Waals surface area contributed by atoms with E-state index in [1.54, 1.807) is 30.3 Å². The van der Waals surface area contributed by atoms with Crippen LogP contribution in [0.25, 0.3) is 0 Å². The molecule has 5 nitrogen and oxygen atoms in total. The van der Waals surface area contributed by atoms with Crippen LogP contribution >= 0.6 is 0 Å². The van der Waals surface area contributed by atoms with Crippen LogP contribution in [0.2, 0.25) is 0 Å². The summed E-state index contributed by atoms with van der Waals surface area (Å²) in [6, 6.07) is 12.1. The van der Waals surface area contributed by atoms with Gasteiger partial charge in [0.05, 0.1) is 0 Å². The number of hydrogen-bond donors (Lipinski definition) is 0. The molecule has 2 aliphatic heterocycles. The molecule has 0 aromatic heterocycles. The van der Waals surface area contributed by atoms with Crippen LogP contribution in [0.3, 0.4) is 0 Å². The van der Waals surface area contributed by atoms with Gasteiger partial charge in [-0.3, -0.25) is 9.69 Å². The third-order valence-corrected chi connectivity index (χ3v) is 4.63. The molecule has 0 atom stereocenters. The van der Waals surface area contributed by atoms with Crippen LogP contribution in [0.1, 0.15) is 15.9 Å². The van der Waals surface area contributed by atoms with Gasteiger partial charge in [-0.05, 0) is 24.3 Å². The van der Waals surface area contributed by atoms with Crippen molar-refractivity contribution < 1.29 is 18.7 Å². The zero-order chi connectivity index (χ0) is 17.2. The Morgan fingerprint density at radius 2 is 1.76 bits per heavy atom. The first-order valence-corrected chi connectivity index (χ1v) is 8.35. The van der Waals surface area contributed by atoms with Gasteiger partial charge >= 0.3 is 0 Å². The van der Waals surface area contributed by atoms with Gasteiger partial charge in [0.2, 0.25) is 6.79 Å². The Labute approximate surface area is 145 Å². The molecule has 0 radical (unpaired) electrons. The number of piperazine rings is 1. The van der Waals surface area contributed by atoms with E-state index in [1.807, 2.05) is 11.0 Å². The second-order valence-electron chi connectivity index (χ2n) is 6.23. The van der Waals surface area contributed by atoms with E-state index in [4.69, 9.17) is 9.47 Å². The van der Waals surface area contributed by atoms with Crippen LogP contribution in [0.4, 0.5) is 4.39 Å². The maximum Gasteiger partial charge on any atom is 0.254 e. The Hall–Kier alpha value is -2.60. The van der Waals surface area contributed by atoms with Crippen LogP contribution in [0.15, 0.2) is 42.5 Å². The second-order valence-corrected chi connectivity index (χ2v) is 6.23. The molecule has 1 fully saturated rings. The lowest BCUT2D eigenvalue weighted by atomic mass is 10.1. The highest BCUT2D eigenvalue weighted by Crippen LogP contribution is 2.32. The Morgan fingerprint density at radius 1 is 1.00 bits per heavy atom. The number of rotatable bonds is 3. The fraction of sp³-hybridized carbons (Fsp3) is 0.316. The van der Waals surface area contributed by atoms with Crippen molar-refractivity contribution in [1.82, 2.24) is 9.80 Å². The highest BCUT2D eigenvalue weighted by molar-refractivity contribution is 5.95. The molecule has 0 N–H and O–H groups in total. The predicted molar refractivity (Wildman–Crippen MR) is 90.1 cm³/mol. The normalized spacial score (nSPS) is 16.9. The first-order valence-electron chi connectivity index (χ1n) is 8.35. The number of hydrogen-bond acceptors (Lipinski definition) is 4. The summed E-state index contributed by atoms with van der Waals surface area (Å²) in [6.45, 7) is 3.47. The summed E-state index contributed by atoms with van der Waals surface area (Å²) in [7, 11) is 0. The van der Waals surface area contributed by atoms with Crippen molar-refractivity contribution >= 4 is 5.91 Å². The van der Waals surface area contributed by atoms with E-state index < -0.39 is 0 Å². The van der Waals surface area contributed by atoms with Crippen molar-refractivity contribution in [2.24, 2.45) is 0 Å². The van der Waals surface area contributed by atoms with Gasteiger partial charge in [0.15, 0.2) is 11.5 Å². The van der Waals surface area contributed by atoms with Gasteiger partial charge < -0.3 is 14.4 Å². The fourth-order valence-corrected chi connectivity index (χ4v) is 3.19. The van der Waals surface area contributed by atoms with E-state index in [-0.39, 0.29) is 18.5 Å². The van der Waals surface area contributed by atoms with E-state index in [1.165, 1.54) is 6.07 Å². The Bertz CT molecular complexity index is 788. The van der Waals surface area contributed by atoms with Gasteiger partial charge in [-0.15, -0.1) is 0 Å². The van der Waals surface area contributed by atoms with Gasteiger partial charge in [-0.25, -0.2) is 4.39 Å². The predicted octanol–water partition coefficient (Wildman–Crippen LogP) is 2.51. The van der Waals surface area contributed by atoms with Crippen LogP contribution in [0, 0.1) is 5.82 Å². The van der Waals surface area contributed by atoms with Crippen molar-refractivity contribution in [3.8, 4) is 11.5 Å². The fourth-order valence-electron chi connectivity index (χ4n) is 3.19. The highest BCUT2D eigenvalue weighted by atomic mass is 19.1. The maximum absolute atomic E-state index is 13.8. The summed E-state index contributed by atoms with van der Waals surface area (Å²) in [4.78, 5) is 16.7. The van der Waals surface area contributed by atoms with Gasteiger partial charge in [-0.2, -0.15) is 0 Å². The van der Waals surface area contributed by atoms with E-state index in [2.05, 4.69) is 4.90 Å². The number of benzene rings is 2. The molecule has 0 aliphatic carbocycles. The molecule has 0 bridgehead atoms. The molecule has 4 rings (SSSR count). The Kier molecular flexibility index (Phi) is 4.28. The smallest absolute Gasteiger partial charge is 0.254 e. The summed E-state index contributed by atoms with van der Waals surface area (Å²) in [6.07, 6.45) is 0. The monoisotopic (exact) mass is 342 g/mol. The summed E-state index contributed by atoms with van der Waals surface area (Å²) < 4.78 is 24.4. The first kappa shape index (κ1) is 15.9. The molecule has 0 spiro atoms. The number of halogens is 1. The van der Waals surface area contributed by atoms with Crippen molar-refractivity contribution in [2.75, 3.05) is 33.0 Å². The van der Waals surface area contributed by atoms with E-state index >= 15 is 0 Å². The average Bonchev–Trinajstić information content (AvgIpc) is 3.11. The SMILES string of the molecule is O=C(c1ccc2c(c1)OCO2)N1CCN(Cc2ccccc2F)CC1. The topological polar surface area (TPSA) is 42.0 Å². The zero-order valence-corrected chi connectivity index (χ0v) is 13.8. The summed E-state index contributed by atoms with van der Waals surface area (Å²) in [5.41, 5.74) is 1.30. The van der Waals surface area contributed by atoms with Crippen LogP contribution in [0.5, 0.6) is 11.5 Å². The van der Waals surface area contributed by atoms with Crippen molar-refractivity contribution in [3.63, 3.8) is 0 Å². The Morgan fingerprint density at radius 3 is 2.56 bits per heavy atom. The molecular formula is C19H19FN2O3. The molecule has 6 heteroatoms. The molecule has 25 heavy (non-hydrogen) atoms. The lowest BCUT2D eigenvalue weighted by Gasteiger charge is -2.34. The van der Waals surface area contributed by atoms with E-state index in [0.717, 1.165) is 13.1 Å². The first-order chi connectivity index (χ1) is 12.2. The van der Waals surface area contributed by atoms with Gasteiger partial charge in [0.25, 0.3) is 5.91 Å². The summed E-state index contributed by atoms with van der Waals surface area (Å²) >= 11 is 0. The zero-order valence-electron chi connectivity index (χ0n) is 13.8. The number of ether oxygens (including phenoxy) is 2. The molecule has 0 saturated carbocycles. The lowest BCUT2D eigenvalue weighted by molar-refractivity contribution is 0.0626. The van der Waals surface area contributed by atoms with Crippen molar-refractivity contribution in [1.29, 1.82) is 0 Å². The molecule has 1 amide bonds. The minimum Gasteiger partial charge on any atom is -0.454 e. The average molecular weight is 342 g/mol. The van der Waals surface area contributed by atoms with E-state index in [0.29, 0.717) is 42.3 Å². The summed E-state index contributed by atoms with van der Waals surface area (Å²) in [5.74, 6) is 1.10. The minimum atomic E-state index is -0.179. The van der Waals surface area contributed by atoms with Crippen LogP contribution in [-0.2, 0) is 6.54 Å². The van der Waals surface area contributed by atoms with Gasteiger partial charge in [-0.1, -0.05) is 18.2 Å². The lowest BCUT2D eigenvalue weighted by Crippen LogP contribution is -2.48. The second kappa shape index (κ2) is 6.72. The molecule has 2 aromatic rings. The standard InChI is InChI=1S/C19H19FN2O3/c20-16-4-2-1-3-15(16)12-21-7-9-22(10-8-21)19(23)14-5-6-17-18(11-14)25-13-24-17/h1-6,11H,7-10,12-13H2. The van der Waals surface area contributed by atoms with Crippen LogP contribution < -0.4 is 9.47 Å². The number of carbonyl (C=O) groups excluding carboxylic acids is 1. The molecule has 130 valence electrons. The third kappa shape index (κ3) is 3.30. The Balaban J connectivity index is 1.37. The third-order valence-electron chi connectivity index (χ3n) is 4.63. The summed E-state index contributed by atoms with van der Waals surface area (Å²) in [5, 5.41) is 0. The number of nitrogens with zero attached hydrogens (tertiary/aromatic N) is 2. The maximum atomic E-state index is 13.8. The highest BCUT2D eigenvalue weighted by Gasteiger charge is 2.24. The molecule has 2 aliphatic rings. The van der Waals surface area contributed by atoms with Crippen molar-refractivity contribution in [2.45, 2.75) is 6.54 Å². The largest absolute Gasteiger partial charge is 0.454 e. The minimum absolute atomic E-state index is 0.0103. The number of amides is 1. The molecule has 2 heterocycles. The number of fused-ring (bicyclic) bond motifs is 1. The molecule has 0 unspecified atom stereocenters. The van der Waals surface area contributed by atoms with Gasteiger partial charge in [0.1, 0.15) is 5.82 Å². The van der Waals surface area contributed by atoms with E-state index in [9.17, 15) is 9.18 Å². The quantitative estimate of drug-likeness (QED) is 0.860. The molecule has 1 saturated heterocycles.